The molecular weight excluding hydrogens is 444 g/mol. The molecule has 1 saturated heterocycles. The lowest BCUT2D eigenvalue weighted by molar-refractivity contribution is 0.0738. The molecule has 0 aromatic heterocycles. The fraction of sp³-hybridized carbons (Fsp3) is 0.381. The average Bonchev–Trinajstić information content (AvgIpc) is 2.69. The van der Waals surface area contributed by atoms with E-state index in [1.807, 2.05) is 12.1 Å². The van der Waals surface area contributed by atoms with Gasteiger partial charge in [-0.15, -0.1) is 0 Å². The van der Waals surface area contributed by atoms with E-state index in [1.165, 1.54) is 5.30 Å². The van der Waals surface area contributed by atoms with Crippen LogP contribution in [0.3, 0.4) is 0 Å². The minimum absolute atomic E-state index is 0.116. The maximum Gasteiger partial charge on any atom is 0.197 e. The largest absolute Gasteiger partial charge is 0.379 e. The van der Waals surface area contributed by atoms with Crippen molar-refractivity contribution in [2.45, 2.75) is 25.9 Å². The van der Waals surface area contributed by atoms with Crippen LogP contribution in [0.4, 0.5) is 5.69 Å². The SMILES string of the molecule is CC(C)(C)P(=NC(=S)Nc1ccc(Cl)c(Cl)c1)(c1ccccc1)N1CCOCC1. The average molecular weight is 470 g/mol. The van der Waals surface area contributed by atoms with Crippen molar-refractivity contribution in [3.05, 3.63) is 58.6 Å². The molecule has 1 aliphatic heterocycles. The second-order valence-electron chi connectivity index (χ2n) is 7.83. The molecule has 1 fully saturated rings. The number of rotatable bonds is 3. The van der Waals surface area contributed by atoms with E-state index in [2.05, 4.69) is 55.0 Å². The third kappa shape index (κ3) is 5.04. The fourth-order valence-electron chi connectivity index (χ4n) is 3.58. The number of nitrogens with zero attached hydrogens (tertiary/aromatic N) is 2. The number of halogens is 2. The minimum Gasteiger partial charge on any atom is -0.379 e. The molecule has 4 nitrogen and oxygen atoms in total. The number of hydrogen-bond acceptors (Lipinski definition) is 2. The molecule has 3 rings (SSSR count). The molecule has 1 aliphatic rings. The Kier molecular flexibility index (Phi) is 7.42. The minimum atomic E-state index is -2.21. The molecule has 1 atom stereocenters. The highest BCUT2D eigenvalue weighted by Gasteiger charge is 2.41. The van der Waals surface area contributed by atoms with Gasteiger partial charge in [0.1, 0.15) is 0 Å². The van der Waals surface area contributed by atoms with Crippen molar-refractivity contribution in [2.24, 2.45) is 4.74 Å². The molecule has 0 amide bonds. The fourth-order valence-corrected chi connectivity index (χ4v) is 8.48. The Labute approximate surface area is 188 Å². The Morgan fingerprint density at radius 3 is 2.31 bits per heavy atom. The molecular formula is C21H26Cl2N3OPS. The second kappa shape index (κ2) is 9.47. The summed E-state index contributed by atoms with van der Waals surface area (Å²) >= 11 is 17.9. The van der Waals surface area contributed by atoms with E-state index < -0.39 is 7.21 Å². The van der Waals surface area contributed by atoms with Crippen molar-refractivity contribution in [2.75, 3.05) is 31.6 Å². The van der Waals surface area contributed by atoms with Crippen LogP contribution in [0.15, 0.2) is 53.3 Å². The highest BCUT2D eigenvalue weighted by molar-refractivity contribution is 7.82. The first kappa shape index (κ1) is 22.7. The molecule has 8 heteroatoms. The van der Waals surface area contributed by atoms with Gasteiger partial charge in [-0.1, -0.05) is 74.3 Å². The summed E-state index contributed by atoms with van der Waals surface area (Å²) in [7, 11) is -2.21. The van der Waals surface area contributed by atoms with E-state index in [4.69, 9.17) is 44.9 Å². The predicted molar refractivity (Wildman–Crippen MR) is 130 cm³/mol. The molecule has 2 aromatic rings. The molecule has 29 heavy (non-hydrogen) atoms. The number of morpholine rings is 1. The lowest BCUT2D eigenvalue weighted by atomic mass is 10.3. The van der Waals surface area contributed by atoms with Gasteiger partial charge in [0.25, 0.3) is 0 Å². The van der Waals surface area contributed by atoms with Crippen molar-refractivity contribution in [1.29, 1.82) is 0 Å². The van der Waals surface area contributed by atoms with Crippen LogP contribution in [0.2, 0.25) is 10.0 Å². The molecule has 156 valence electrons. The maximum atomic E-state index is 6.16. The zero-order valence-electron chi connectivity index (χ0n) is 16.9. The lowest BCUT2D eigenvalue weighted by Gasteiger charge is -2.46. The molecule has 0 bridgehead atoms. The van der Waals surface area contributed by atoms with Gasteiger partial charge in [-0.2, -0.15) is 0 Å². The highest BCUT2D eigenvalue weighted by Crippen LogP contribution is 2.62. The summed E-state index contributed by atoms with van der Waals surface area (Å²) in [6.07, 6.45) is 0. The molecule has 0 spiro atoms. The van der Waals surface area contributed by atoms with Gasteiger partial charge in [0.05, 0.1) is 30.5 Å². The van der Waals surface area contributed by atoms with Gasteiger partial charge >= 0.3 is 0 Å². The summed E-state index contributed by atoms with van der Waals surface area (Å²) in [5.74, 6) is 0. The van der Waals surface area contributed by atoms with Crippen molar-refractivity contribution < 1.29 is 4.74 Å². The lowest BCUT2D eigenvalue weighted by Crippen LogP contribution is -2.43. The molecule has 1 unspecified atom stereocenters. The van der Waals surface area contributed by atoms with Crippen LogP contribution in [0, 0.1) is 0 Å². The quantitative estimate of drug-likeness (QED) is 0.424. The Hall–Kier alpha value is -0.940. The second-order valence-corrected chi connectivity index (χ2v) is 12.9. The van der Waals surface area contributed by atoms with E-state index in [0.29, 0.717) is 28.4 Å². The monoisotopic (exact) mass is 469 g/mol. The van der Waals surface area contributed by atoms with E-state index in [9.17, 15) is 0 Å². The number of nitrogens with one attached hydrogen (secondary N) is 1. The van der Waals surface area contributed by atoms with E-state index in [-0.39, 0.29) is 5.16 Å². The topological polar surface area (TPSA) is 36.9 Å². The summed E-state index contributed by atoms with van der Waals surface area (Å²) in [6.45, 7) is 9.80. The first-order chi connectivity index (χ1) is 13.7. The molecule has 2 aromatic carbocycles. The predicted octanol–water partition coefficient (Wildman–Crippen LogP) is 6.26. The third-order valence-corrected chi connectivity index (χ3v) is 10.5. The molecule has 0 radical (unpaired) electrons. The standard InChI is InChI=1S/C21H26Cl2N3OPS/c1-21(2,3)28(17-7-5-4-6-8-17,26-11-13-27-14-12-26)25-20(29)24-16-9-10-18(22)19(23)15-16/h4-10,15H,11-14H2,1-3H3,(H,24,29). The van der Waals surface area contributed by atoms with Gasteiger partial charge in [-0.25, -0.2) is 4.74 Å². The number of ether oxygens (including phenoxy) is 1. The van der Waals surface area contributed by atoms with Crippen molar-refractivity contribution >= 4 is 58.7 Å². The van der Waals surface area contributed by atoms with Gasteiger partial charge in [0.2, 0.25) is 0 Å². The van der Waals surface area contributed by atoms with Crippen LogP contribution < -0.4 is 10.6 Å². The molecule has 1 N–H and O–H groups in total. The summed E-state index contributed by atoms with van der Waals surface area (Å²) in [5, 5.41) is 5.77. The Bertz CT molecular complexity index is 925. The van der Waals surface area contributed by atoms with Crippen LogP contribution in [-0.4, -0.2) is 41.2 Å². The first-order valence-electron chi connectivity index (χ1n) is 9.51. The van der Waals surface area contributed by atoms with Crippen LogP contribution in [-0.2, 0) is 4.74 Å². The molecule has 1 heterocycles. The smallest absolute Gasteiger partial charge is 0.197 e. The number of thiocarbonyl (C=S) groups is 1. The Balaban J connectivity index is 2.10. The number of hydrogen-bond donors (Lipinski definition) is 1. The summed E-state index contributed by atoms with van der Waals surface area (Å²) in [4.78, 5) is 0. The Morgan fingerprint density at radius 2 is 1.72 bits per heavy atom. The van der Waals surface area contributed by atoms with Crippen molar-refractivity contribution in [3.63, 3.8) is 0 Å². The van der Waals surface area contributed by atoms with E-state index in [0.717, 1.165) is 18.8 Å². The number of benzene rings is 2. The van der Waals surface area contributed by atoms with Gasteiger partial charge in [-0.3, -0.25) is 4.67 Å². The van der Waals surface area contributed by atoms with Gasteiger partial charge < -0.3 is 10.1 Å². The zero-order chi connectivity index (χ0) is 21.1. The summed E-state index contributed by atoms with van der Waals surface area (Å²) in [6, 6.07) is 15.9. The van der Waals surface area contributed by atoms with Gasteiger partial charge in [0, 0.05) is 29.2 Å². The van der Waals surface area contributed by atoms with Crippen LogP contribution in [0.5, 0.6) is 0 Å². The van der Waals surface area contributed by atoms with E-state index in [1.54, 1.807) is 12.1 Å². The van der Waals surface area contributed by atoms with E-state index >= 15 is 0 Å². The van der Waals surface area contributed by atoms with Crippen LogP contribution in [0.25, 0.3) is 0 Å². The molecule has 0 saturated carbocycles. The van der Waals surface area contributed by atoms with Crippen LogP contribution in [0.1, 0.15) is 20.8 Å². The van der Waals surface area contributed by atoms with Crippen LogP contribution >= 0.6 is 42.6 Å². The normalized spacial score (nSPS) is 17.4. The Morgan fingerprint density at radius 1 is 1.07 bits per heavy atom. The number of anilines is 1. The first-order valence-corrected chi connectivity index (χ1v) is 12.4. The maximum absolute atomic E-state index is 6.16. The third-order valence-electron chi connectivity index (χ3n) is 4.85. The van der Waals surface area contributed by atoms with Crippen molar-refractivity contribution in [1.82, 2.24) is 4.67 Å². The van der Waals surface area contributed by atoms with Gasteiger partial charge in [0.15, 0.2) is 5.11 Å². The highest BCUT2D eigenvalue weighted by atomic mass is 35.5. The van der Waals surface area contributed by atoms with Crippen molar-refractivity contribution in [3.8, 4) is 0 Å². The van der Waals surface area contributed by atoms with Gasteiger partial charge in [-0.05, 0) is 30.4 Å². The molecule has 0 aliphatic carbocycles. The summed E-state index contributed by atoms with van der Waals surface area (Å²) in [5.41, 5.74) is 0.773. The summed E-state index contributed by atoms with van der Waals surface area (Å²) < 4.78 is 13.4. The zero-order valence-corrected chi connectivity index (χ0v) is 20.1.